The fraction of sp³-hybridized carbons (Fsp3) is 0.538. The van der Waals surface area contributed by atoms with E-state index in [2.05, 4.69) is 12.1 Å². The summed E-state index contributed by atoms with van der Waals surface area (Å²) in [5.41, 5.74) is 1.28. The van der Waals surface area contributed by atoms with Gasteiger partial charge in [-0.2, -0.15) is 0 Å². The Labute approximate surface area is 96.4 Å². The average Bonchev–Trinajstić information content (AvgIpc) is 2.30. The highest BCUT2D eigenvalue weighted by Crippen LogP contribution is 2.39. The summed E-state index contributed by atoms with van der Waals surface area (Å²) in [6.07, 6.45) is 4.87. The molecule has 0 aromatic heterocycles. The molecule has 0 radical (unpaired) electrons. The number of hydrogen-bond donors (Lipinski definition) is 0. The van der Waals surface area contributed by atoms with Crippen LogP contribution in [0, 0.1) is 0 Å². The molecule has 0 saturated heterocycles. The summed E-state index contributed by atoms with van der Waals surface area (Å²) in [6, 6.07) is 8.24. The van der Waals surface area contributed by atoms with Crippen molar-refractivity contribution in [1.82, 2.24) is 0 Å². The third-order valence-electron chi connectivity index (χ3n) is 3.22. The van der Waals surface area contributed by atoms with Crippen LogP contribution in [0.15, 0.2) is 24.3 Å². The van der Waals surface area contributed by atoms with Gasteiger partial charge in [0.2, 0.25) is 0 Å². The second-order valence-corrected chi connectivity index (χ2v) is 4.71. The van der Waals surface area contributed by atoms with Crippen LogP contribution >= 0.6 is 11.6 Å². The molecule has 15 heavy (non-hydrogen) atoms. The molecule has 1 saturated carbocycles. The van der Waals surface area contributed by atoms with Crippen molar-refractivity contribution in [2.24, 2.45) is 0 Å². The van der Waals surface area contributed by atoms with E-state index in [0.717, 1.165) is 12.2 Å². The van der Waals surface area contributed by atoms with Gasteiger partial charge in [-0.1, -0.05) is 31.0 Å². The molecule has 2 unspecified atom stereocenters. The van der Waals surface area contributed by atoms with Gasteiger partial charge < -0.3 is 4.74 Å². The minimum absolute atomic E-state index is 0.273. The van der Waals surface area contributed by atoms with Gasteiger partial charge in [0.15, 0.2) is 0 Å². The Kier molecular flexibility index (Phi) is 3.53. The number of halogens is 1. The molecule has 2 rings (SSSR count). The molecule has 0 N–H and O–H groups in total. The van der Waals surface area contributed by atoms with Crippen LogP contribution in [-0.2, 0) is 0 Å². The Hall–Kier alpha value is -0.690. The largest absolute Gasteiger partial charge is 0.496 e. The van der Waals surface area contributed by atoms with E-state index in [4.69, 9.17) is 16.3 Å². The molecule has 1 nitrogen and oxygen atoms in total. The zero-order chi connectivity index (χ0) is 10.7. The third kappa shape index (κ3) is 2.28. The van der Waals surface area contributed by atoms with Crippen molar-refractivity contribution in [3.05, 3.63) is 29.8 Å². The molecule has 0 heterocycles. The van der Waals surface area contributed by atoms with E-state index in [9.17, 15) is 0 Å². The highest BCUT2D eigenvalue weighted by Gasteiger charge is 2.26. The van der Waals surface area contributed by atoms with Gasteiger partial charge in [-0.15, -0.1) is 11.6 Å². The van der Waals surface area contributed by atoms with Crippen molar-refractivity contribution in [1.29, 1.82) is 0 Å². The molecule has 1 fully saturated rings. The molecule has 1 aliphatic rings. The zero-order valence-corrected chi connectivity index (χ0v) is 9.83. The van der Waals surface area contributed by atoms with Crippen molar-refractivity contribution in [2.45, 2.75) is 37.0 Å². The standard InChI is InChI=1S/C13H17ClO/c1-15-13-9-5-3-7-11(13)10-6-2-4-8-12(10)14/h3,5,7,9-10,12H,2,4,6,8H2,1H3. The average molecular weight is 225 g/mol. The van der Waals surface area contributed by atoms with Gasteiger partial charge in [0.05, 0.1) is 7.11 Å². The van der Waals surface area contributed by atoms with E-state index in [0.29, 0.717) is 5.92 Å². The van der Waals surface area contributed by atoms with Crippen molar-refractivity contribution in [3.63, 3.8) is 0 Å². The Morgan fingerprint density at radius 1 is 1.20 bits per heavy atom. The molecule has 0 bridgehead atoms. The van der Waals surface area contributed by atoms with Gasteiger partial charge >= 0.3 is 0 Å². The minimum Gasteiger partial charge on any atom is -0.496 e. The predicted octanol–water partition coefficient (Wildman–Crippen LogP) is 3.96. The van der Waals surface area contributed by atoms with Gasteiger partial charge in [-0.25, -0.2) is 0 Å². The van der Waals surface area contributed by atoms with Crippen molar-refractivity contribution in [2.75, 3.05) is 7.11 Å². The molecule has 0 amide bonds. The molecular weight excluding hydrogens is 208 g/mol. The molecule has 82 valence electrons. The van der Waals surface area contributed by atoms with E-state index in [1.54, 1.807) is 7.11 Å². The maximum absolute atomic E-state index is 6.39. The van der Waals surface area contributed by atoms with Crippen LogP contribution in [0.3, 0.4) is 0 Å². The number of hydrogen-bond acceptors (Lipinski definition) is 1. The normalized spacial score (nSPS) is 26.3. The van der Waals surface area contributed by atoms with Gasteiger partial charge in [0.1, 0.15) is 5.75 Å². The van der Waals surface area contributed by atoms with Crippen molar-refractivity contribution >= 4 is 11.6 Å². The summed E-state index contributed by atoms with van der Waals surface area (Å²) < 4.78 is 5.39. The fourth-order valence-electron chi connectivity index (χ4n) is 2.41. The first-order valence-corrected chi connectivity index (χ1v) is 6.03. The second-order valence-electron chi connectivity index (χ2n) is 4.15. The van der Waals surface area contributed by atoms with Gasteiger partial charge in [-0.3, -0.25) is 0 Å². The van der Waals surface area contributed by atoms with Crippen LogP contribution in [-0.4, -0.2) is 12.5 Å². The Bertz CT molecular complexity index is 324. The Morgan fingerprint density at radius 3 is 2.67 bits per heavy atom. The Morgan fingerprint density at radius 2 is 1.93 bits per heavy atom. The first-order chi connectivity index (χ1) is 7.33. The first kappa shape index (κ1) is 10.8. The van der Waals surface area contributed by atoms with Gasteiger partial charge in [-0.05, 0) is 24.5 Å². The van der Waals surface area contributed by atoms with E-state index in [1.165, 1.54) is 24.8 Å². The first-order valence-electron chi connectivity index (χ1n) is 5.60. The molecular formula is C13H17ClO. The number of benzene rings is 1. The smallest absolute Gasteiger partial charge is 0.122 e. The van der Waals surface area contributed by atoms with Crippen molar-refractivity contribution < 1.29 is 4.74 Å². The van der Waals surface area contributed by atoms with E-state index in [-0.39, 0.29) is 5.38 Å². The van der Waals surface area contributed by atoms with E-state index < -0.39 is 0 Å². The highest BCUT2D eigenvalue weighted by molar-refractivity contribution is 6.21. The number of para-hydroxylation sites is 1. The molecule has 0 aliphatic heterocycles. The maximum Gasteiger partial charge on any atom is 0.122 e. The maximum atomic E-state index is 6.39. The van der Waals surface area contributed by atoms with Crippen LogP contribution in [0.1, 0.15) is 37.2 Å². The SMILES string of the molecule is COc1ccccc1C1CCCCC1Cl. The van der Waals surface area contributed by atoms with Crippen molar-refractivity contribution in [3.8, 4) is 5.75 Å². The Balaban J connectivity index is 2.26. The number of methoxy groups -OCH3 is 1. The van der Waals surface area contributed by atoms with Gasteiger partial charge in [0.25, 0.3) is 0 Å². The van der Waals surface area contributed by atoms with Crippen LogP contribution < -0.4 is 4.74 Å². The summed E-state index contributed by atoms with van der Waals surface area (Å²) in [7, 11) is 1.73. The number of alkyl halides is 1. The summed E-state index contributed by atoms with van der Waals surface area (Å²) in [5, 5.41) is 0.273. The van der Waals surface area contributed by atoms with E-state index >= 15 is 0 Å². The van der Waals surface area contributed by atoms with Crippen LogP contribution in [0.25, 0.3) is 0 Å². The molecule has 1 aromatic rings. The lowest BCUT2D eigenvalue weighted by molar-refractivity contribution is 0.389. The summed E-state index contributed by atoms with van der Waals surface area (Å²) >= 11 is 6.39. The lowest BCUT2D eigenvalue weighted by Gasteiger charge is -2.28. The molecule has 1 aliphatic carbocycles. The molecule has 0 spiro atoms. The zero-order valence-electron chi connectivity index (χ0n) is 9.08. The van der Waals surface area contributed by atoms with Gasteiger partial charge in [0, 0.05) is 11.3 Å². The number of ether oxygens (including phenoxy) is 1. The summed E-state index contributed by atoms with van der Waals surface area (Å²) in [6.45, 7) is 0. The van der Waals surface area contributed by atoms with Crippen LogP contribution in [0.5, 0.6) is 5.75 Å². The van der Waals surface area contributed by atoms with E-state index in [1.807, 2.05) is 12.1 Å². The lowest BCUT2D eigenvalue weighted by Crippen LogP contribution is -2.18. The summed E-state index contributed by atoms with van der Waals surface area (Å²) in [5.74, 6) is 1.45. The highest BCUT2D eigenvalue weighted by atomic mass is 35.5. The quantitative estimate of drug-likeness (QED) is 0.691. The monoisotopic (exact) mass is 224 g/mol. The molecule has 2 heteroatoms. The number of rotatable bonds is 2. The topological polar surface area (TPSA) is 9.23 Å². The lowest BCUT2D eigenvalue weighted by atomic mass is 9.83. The predicted molar refractivity (Wildman–Crippen MR) is 63.8 cm³/mol. The van der Waals surface area contributed by atoms with Crippen LogP contribution in [0.2, 0.25) is 0 Å². The summed E-state index contributed by atoms with van der Waals surface area (Å²) in [4.78, 5) is 0. The fourth-order valence-corrected chi connectivity index (χ4v) is 2.82. The minimum atomic E-state index is 0.273. The molecule has 1 aromatic carbocycles. The molecule has 2 atom stereocenters. The second kappa shape index (κ2) is 4.89. The third-order valence-corrected chi connectivity index (χ3v) is 3.74. The van der Waals surface area contributed by atoms with Crippen LogP contribution in [0.4, 0.5) is 0 Å².